The summed E-state index contributed by atoms with van der Waals surface area (Å²) in [6, 6.07) is 1.55. The summed E-state index contributed by atoms with van der Waals surface area (Å²) in [5.41, 5.74) is 4.31. The van der Waals surface area contributed by atoms with Gasteiger partial charge in [-0.15, -0.1) is 0 Å². The van der Waals surface area contributed by atoms with Crippen molar-refractivity contribution in [3.05, 3.63) is 29.3 Å². The fraction of sp³-hybridized carbons (Fsp3) is 0.333. The SMILES string of the molecule is CN(C)C(=O)CCNC(=O)c1cc(F)cc(N)c1F. The van der Waals surface area contributed by atoms with Gasteiger partial charge in [0.25, 0.3) is 5.91 Å². The molecule has 1 aromatic rings. The Morgan fingerprint density at radius 3 is 2.53 bits per heavy atom. The van der Waals surface area contributed by atoms with Crippen LogP contribution in [0, 0.1) is 11.6 Å². The molecule has 0 bridgehead atoms. The first kappa shape index (κ1) is 14.9. The highest BCUT2D eigenvalue weighted by Crippen LogP contribution is 2.17. The molecule has 0 saturated carbocycles. The van der Waals surface area contributed by atoms with Crippen LogP contribution in [-0.4, -0.2) is 37.4 Å². The van der Waals surface area contributed by atoms with Crippen LogP contribution in [0.15, 0.2) is 12.1 Å². The number of amides is 2. The molecule has 19 heavy (non-hydrogen) atoms. The molecule has 0 heterocycles. The number of nitrogens with two attached hydrogens (primary N) is 1. The molecule has 104 valence electrons. The lowest BCUT2D eigenvalue weighted by Crippen LogP contribution is -2.30. The summed E-state index contributed by atoms with van der Waals surface area (Å²) < 4.78 is 26.6. The molecule has 7 heteroatoms. The summed E-state index contributed by atoms with van der Waals surface area (Å²) in [5, 5.41) is 2.33. The van der Waals surface area contributed by atoms with Crippen LogP contribution in [0.2, 0.25) is 0 Å². The summed E-state index contributed by atoms with van der Waals surface area (Å²) in [4.78, 5) is 24.2. The normalized spacial score (nSPS) is 10.1. The number of benzene rings is 1. The average molecular weight is 271 g/mol. The molecule has 0 aliphatic carbocycles. The molecule has 0 aliphatic heterocycles. The Morgan fingerprint density at radius 1 is 1.32 bits per heavy atom. The van der Waals surface area contributed by atoms with Crippen LogP contribution in [0.1, 0.15) is 16.8 Å². The van der Waals surface area contributed by atoms with Gasteiger partial charge in [0.05, 0.1) is 11.3 Å². The van der Waals surface area contributed by atoms with Crippen molar-refractivity contribution in [1.29, 1.82) is 0 Å². The number of hydrogen-bond acceptors (Lipinski definition) is 3. The van der Waals surface area contributed by atoms with Crippen LogP contribution in [0.4, 0.5) is 14.5 Å². The Kier molecular flexibility index (Phi) is 4.80. The smallest absolute Gasteiger partial charge is 0.254 e. The minimum absolute atomic E-state index is 0.0334. The maximum Gasteiger partial charge on any atom is 0.254 e. The van der Waals surface area contributed by atoms with Gasteiger partial charge < -0.3 is 16.0 Å². The Hall–Kier alpha value is -2.18. The Morgan fingerprint density at radius 2 is 1.95 bits per heavy atom. The lowest BCUT2D eigenvalue weighted by Gasteiger charge is -2.11. The topological polar surface area (TPSA) is 75.4 Å². The number of halogens is 2. The maximum atomic E-state index is 13.5. The molecule has 1 aromatic carbocycles. The van der Waals surface area contributed by atoms with E-state index in [1.54, 1.807) is 14.1 Å². The van der Waals surface area contributed by atoms with E-state index >= 15 is 0 Å². The summed E-state index contributed by atoms with van der Waals surface area (Å²) in [6.07, 6.45) is 0.0746. The van der Waals surface area contributed by atoms with Crippen molar-refractivity contribution in [2.75, 3.05) is 26.4 Å². The van der Waals surface area contributed by atoms with Gasteiger partial charge in [0, 0.05) is 27.1 Å². The monoisotopic (exact) mass is 271 g/mol. The molecule has 0 aliphatic rings. The standard InChI is InChI=1S/C12H15F2N3O2/c1-17(2)10(18)3-4-16-12(19)8-5-7(13)6-9(15)11(8)14/h5-6H,3-4,15H2,1-2H3,(H,16,19). The molecular weight excluding hydrogens is 256 g/mol. The molecule has 3 N–H and O–H groups in total. The minimum Gasteiger partial charge on any atom is -0.396 e. The van der Waals surface area contributed by atoms with Gasteiger partial charge in [-0.25, -0.2) is 8.78 Å². The van der Waals surface area contributed by atoms with Gasteiger partial charge in [-0.1, -0.05) is 0 Å². The summed E-state index contributed by atoms with van der Waals surface area (Å²) >= 11 is 0. The van der Waals surface area contributed by atoms with E-state index in [1.807, 2.05) is 0 Å². The second kappa shape index (κ2) is 6.12. The van der Waals surface area contributed by atoms with E-state index in [-0.39, 0.29) is 18.9 Å². The number of nitrogens with one attached hydrogen (secondary N) is 1. The van der Waals surface area contributed by atoms with Gasteiger partial charge in [0.1, 0.15) is 5.82 Å². The Bertz CT molecular complexity index is 504. The van der Waals surface area contributed by atoms with Gasteiger partial charge in [0.15, 0.2) is 5.82 Å². The molecule has 0 radical (unpaired) electrons. The van der Waals surface area contributed by atoms with Crippen molar-refractivity contribution in [2.45, 2.75) is 6.42 Å². The summed E-state index contributed by atoms with van der Waals surface area (Å²) in [7, 11) is 3.16. The molecule has 0 unspecified atom stereocenters. The second-order valence-corrected chi connectivity index (χ2v) is 4.15. The highest BCUT2D eigenvalue weighted by Gasteiger charge is 2.16. The number of rotatable bonds is 4. The van der Waals surface area contributed by atoms with Crippen molar-refractivity contribution in [3.8, 4) is 0 Å². The van der Waals surface area contributed by atoms with E-state index in [2.05, 4.69) is 5.32 Å². The predicted molar refractivity (Wildman–Crippen MR) is 66.4 cm³/mol. The van der Waals surface area contributed by atoms with Crippen molar-refractivity contribution in [2.24, 2.45) is 0 Å². The number of nitrogen functional groups attached to an aromatic ring is 1. The highest BCUT2D eigenvalue weighted by molar-refractivity contribution is 5.95. The molecule has 0 atom stereocenters. The van der Waals surface area contributed by atoms with Crippen molar-refractivity contribution < 1.29 is 18.4 Å². The quantitative estimate of drug-likeness (QED) is 0.794. The zero-order valence-electron chi connectivity index (χ0n) is 10.7. The molecule has 0 fully saturated rings. The molecule has 5 nitrogen and oxygen atoms in total. The van der Waals surface area contributed by atoms with Crippen molar-refractivity contribution in [3.63, 3.8) is 0 Å². The molecule has 2 amide bonds. The first-order valence-electron chi connectivity index (χ1n) is 5.55. The third kappa shape index (κ3) is 3.90. The Labute approximate surface area is 109 Å². The van der Waals surface area contributed by atoms with Gasteiger partial charge in [-0.05, 0) is 12.1 Å². The van der Waals surface area contributed by atoms with E-state index in [4.69, 9.17) is 5.73 Å². The number of carbonyl (C=O) groups excluding carboxylic acids is 2. The molecule has 0 aromatic heterocycles. The third-order valence-corrected chi connectivity index (χ3v) is 2.43. The highest BCUT2D eigenvalue weighted by atomic mass is 19.1. The van der Waals surface area contributed by atoms with Crippen LogP contribution in [0.3, 0.4) is 0 Å². The van der Waals surface area contributed by atoms with Gasteiger partial charge >= 0.3 is 0 Å². The maximum absolute atomic E-state index is 13.5. The first-order valence-corrected chi connectivity index (χ1v) is 5.55. The zero-order valence-corrected chi connectivity index (χ0v) is 10.7. The van der Waals surface area contributed by atoms with Crippen molar-refractivity contribution >= 4 is 17.5 Å². The van der Waals surface area contributed by atoms with Crippen LogP contribution >= 0.6 is 0 Å². The number of anilines is 1. The van der Waals surface area contributed by atoms with Crippen LogP contribution in [-0.2, 0) is 4.79 Å². The van der Waals surface area contributed by atoms with Crippen molar-refractivity contribution in [1.82, 2.24) is 10.2 Å². The van der Waals surface area contributed by atoms with Crippen LogP contribution in [0.5, 0.6) is 0 Å². The van der Waals surface area contributed by atoms with E-state index in [0.29, 0.717) is 0 Å². The van der Waals surface area contributed by atoms with Crippen LogP contribution < -0.4 is 11.1 Å². The van der Waals surface area contributed by atoms with E-state index in [9.17, 15) is 18.4 Å². The number of nitrogens with zero attached hydrogens (tertiary/aromatic N) is 1. The second-order valence-electron chi connectivity index (χ2n) is 4.15. The number of hydrogen-bond donors (Lipinski definition) is 2. The minimum atomic E-state index is -0.974. The van der Waals surface area contributed by atoms with E-state index < -0.39 is 28.8 Å². The first-order chi connectivity index (χ1) is 8.82. The third-order valence-electron chi connectivity index (χ3n) is 2.43. The Balaban J connectivity index is 2.67. The number of carbonyl (C=O) groups is 2. The zero-order chi connectivity index (χ0) is 14.6. The average Bonchev–Trinajstić information content (AvgIpc) is 2.33. The predicted octanol–water partition coefficient (Wildman–Crippen LogP) is 0.755. The molecule has 0 saturated heterocycles. The lowest BCUT2D eigenvalue weighted by molar-refractivity contribution is -0.128. The largest absolute Gasteiger partial charge is 0.396 e. The molecule has 1 rings (SSSR count). The fourth-order valence-corrected chi connectivity index (χ4v) is 1.38. The van der Waals surface area contributed by atoms with E-state index in [1.165, 1.54) is 4.90 Å². The van der Waals surface area contributed by atoms with Crippen LogP contribution in [0.25, 0.3) is 0 Å². The molecule has 0 spiro atoms. The van der Waals surface area contributed by atoms with Gasteiger partial charge in [-0.3, -0.25) is 9.59 Å². The molecular formula is C12H15F2N3O2. The van der Waals surface area contributed by atoms with Gasteiger partial charge in [0.2, 0.25) is 5.91 Å². The lowest BCUT2D eigenvalue weighted by atomic mass is 10.1. The van der Waals surface area contributed by atoms with E-state index in [0.717, 1.165) is 12.1 Å². The van der Waals surface area contributed by atoms with Gasteiger partial charge in [-0.2, -0.15) is 0 Å². The fourth-order valence-electron chi connectivity index (χ4n) is 1.38. The summed E-state index contributed by atoms with van der Waals surface area (Å²) in [6.45, 7) is 0.0334. The summed E-state index contributed by atoms with van der Waals surface area (Å²) in [5.74, 6) is -2.76.